The first-order valence-electron chi connectivity index (χ1n) is 14.6. The van der Waals surface area contributed by atoms with E-state index in [9.17, 15) is 0 Å². The van der Waals surface area contributed by atoms with Crippen molar-refractivity contribution in [3.05, 3.63) is 152 Å². The first-order valence-corrected chi connectivity index (χ1v) is 14.6. The van der Waals surface area contributed by atoms with Crippen LogP contribution in [0.15, 0.2) is 152 Å². The normalized spacial score (nSPS) is 11.7. The third-order valence-corrected chi connectivity index (χ3v) is 8.58. The van der Waals surface area contributed by atoms with Crippen molar-refractivity contribution in [3.8, 4) is 28.3 Å². The van der Waals surface area contributed by atoms with Crippen LogP contribution >= 0.6 is 0 Å². The number of benzene rings is 7. The molecule has 9 rings (SSSR count). The van der Waals surface area contributed by atoms with E-state index in [1.165, 1.54) is 38.1 Å². The molecule has 2 aromatic heterocycles. The van der Waals surface area contributed by atoms with Crippen molar-refractivity contribution in [3.63, 3.8) is 0 Å². The van der Waals surface area contributed by atoms with Gasteiger partial charge in [0.1, 0.15) is 0 Å². The molecule has 0 N–H and O–H groups in total. The molecule has 0 aliphatic heterocycles. The van der Waals surface area contributed by atoms with Crippen LogP contribution in [-0.4, -0.2) is 14.5 Å². The van der Waals surface area contributed by atoms with E-state index in [4.69, 9.17) is 9.97 Å². The molecule has 0 unspecified atom stereocenters. The zero-order valence-corrected chi connectivity index (χ0v) is 23.3. The minimum atomic E-state index is 0.674. The lowest BCUT2D eigenvalue weighted by Gasteiger charge is -2.14. The molecule has 0 spiro atoms. The Morgan fingerprint density at radius 2 is 1.00 bits per heavy atom. The van der Waals surface area contributed by atoms with E-state index in [0.29, 0.717) is 5.95 Å². The van der Waals surface area contributed by atoms with Crippen LogP contribution in [0.5, 0.6) is 0 Å². The number of fused-ring (bicyclic) bond motifs is 7. The molecule has 7 aromatic carbocycles. The van der Waals surface area contributed by atoms with Crippen LogP contribution < -0.4 is 0 Å². The Labute approximate surface area is 248 Å². The summed E-state index contributed by atoms with van der Waals surface area (Å²) in [5.74, 6) is 0.674. The topological polar surface area (TPSA) is 30.7 Å². The van der Waals surface area contributed by atoms with Crippen LogP contribution in [0.4, 0.5) is 0 Å². The Hall–Kier alpha value is -5.80. The minimum absolute atomic E-state index is 0.674. The van der Waals surface area contributed by atoms with E-state index in [0.717, 1.165) is 38.6 Å². The van der Waals surface area contributed by atoms with E-state index in [1.807, 2.05) is 6.07 Å². The molecule has 0 atom stereocenters. The van der Waals surface area contributed by atoms with E-state index in [-0.39, 0.29) is 0 Å². The predicted octanol–water partition coefficient (Wildman–Crippen LogP) is 10.4. The summed E-state index contributed by atoms with van der Waals surface area (Å²) >= 11 is 0. The Balaban J connectivity index is 1.37. The Kier molecular flexibility index (Phi) is 5.20. The largest absolute Gasteiger partial charge is 0.278 e. The summed E-state index contributed by atoms with van der Waals surface area (Å²) in [7, 11) is 0. The molecule has 2 heterocycles. The lowest BCUT2D eigenvalue weighted by atomic mass is 9.99. The summed E-state index contributed by atoms with van der Waals surface area (Å²) in [5.41, 5.74) is 7.53. The highest BCUT2D eigenvalue weighted by molar-refractivity contribution is 6.14. The lowest BCUT2D eigenvalue weighted by molar-refractivity contribution is 1.02. The van der Waals surface area contributed by atoms with Crippen molar-refractivity contribution >= 4 is 54.3 Å². The second kappa shape index (κ2) is 9.37. The van der Waals surface area contributed by atoms with Crippen molar-refractivity contribution in [1.82, 2.24) is 14.5 Å². The van der Waals surface area contributed by atoms with Crippen molar-refractivity contribution in [2.75, 3.05) is 0 Å². The highest BCUT2D eigenvalue weighted by Crippen LogP contribution is 2.37. The molecule has 0 radical (unpaired) electrons. The summed E-state index contributed by atoms with van der Waals surface area (Å²) in [5, 5.41) is 8.14. The van der Waals surface area contributed by atoms with Crippen LogP contribution in [-0.2, 0) is 0 Å². The second-order valence-electron chi connectivity index (χ2n) is 11.1. The maximum absolute atomic E-state index is 5.36. The molecule has 3 nitrogen and oxygen atoms in total. The quantitative estimate of drug-likeness (QED) is 0.206. The van der Waals surface area contributed by atoms with E-state index < -0.39 is 0 Å². The fraction of sp³-hybridized carbons (Fsp3) is 0. The molecule has 3 heteroatoms. The van der Waals surface area contributed by atoms with Gasteiger partial charge in [0.25, 0.3) is 0 Å². The SMILES string of the molecule is c1ccc(-c2ccc(-c3nc(-n4c5ccccc5c5cc6ccccc6cc54)nc4c3ccc3ccccc34)cc2)cc1. The lowest BCUT2D eigenvalue weighted by Crippen LogP contribution is -2.04. The molecule has 9 aromatic rings. The molecule has 0 aliphatic rings. The Morgan fingerprint density at radius 1 is 0.372 bits per heavy atom. The molecule has 43 heavy (non-hydrogen) atoms. The highest BCUT2D eigenvalue weighted by Gasteiger charge is 2.19. The van der Waals surface area contributed by atoms with Gasteiger partial charge in [0, 0.05) is 27.1 Å². The number of rotatable bonds is 3. The molecule has 0 aliphatic carbocycles. The van der Waals surface area contributed by atoms with Crippen LogP contribution in [0, 0.1) is 0 Å². The van der Waals surface area contributed by atoms with Gasteiger partial charge < -0.3 is 0 Å². The Bertz CT molecular complexity index is 2490. The minimum Gasteiger partial charge on any atom is -0.278 e. The molecule has 0 amide bonds. The van der Waals surface area contributed by atoms with Crippen LogP contribution in [0.3, 0.4) is 0 Å². The second-order valence-corrected chi connectivity index (χ2v) is 11.1. The van der Waals surface area contributed by atoms with Gasteiger partial charge in [0.05, 0.1) is 22.2 Å². The van der Waals surface area contributed by atoms with Gasteiger partial charge >= 0.3 is 0 Å². The summed E-state index contributed by atoms with van der Waals surface area (Å²) in [6, 6.07) is 53.7. The summed E-state index contributed by atoms with van der Waals surface area (Å²) in [6.07, 6.45) is 0. The average molecular weight is 548 g/mol. The zero-order valence-electron chi connectivity index (χ0n) is 23.3. The predicted molar refractivity (Wildman–Crippen MR) is 180 cm³/mol. The summed E-state index contributed by atoms with van der Waals surface area (Å²) in [6.45, 7) is 0. The molecule has 0 bridgehead atoms. The summed E-state index contributed by atoms with van der Waals surface area (Å²) < 4.78 is 2.24. The first kappa shape index (κ1) is 23.9. The van der Waals surface area contributed by atoms with Crippen molar-refractivity contribution in [2.24, 2.45) is 0 Å². The van der Waals surface area contributed by atoms with Gasteiger partial charge in [0.2, 0.25) is 5.95 Å². The van der Waals surface area contributed by atoms with Gasteiger partial charge in [0.15, 0.2) is 0 Å². The van der Waals surface area contributed by atoms with Crippen LogP contribution in [0.25, 0.3) is 82.6 Å². The number of aromatic nitrogens is 3. The smallest absolute Gasteiger partial charge is 0.235 e. The van der Waals surface area contributed by atoms with E-state index in [2.05, 4.69) is 150 Å². The van der Waals surface area contributed by atoms with Crippen molar-refractivity contribution in [2.45, 2.75) is 0 Å². The van der Waals surface area contributed by atoms with E-state index >= 15 is 0 Å². The maximum Gasteiger partial charge on any atom is 0.235 e. The average Bonchev–Trinajstić information content (AvgIpc) is 3.40. The number of para-hydroxylation sites is 1. The molecule has 200 valence electrons. The third-order valence-electron chi connectivity index (χ3n) is 8.58. The number of nitrogens with zero attached hydrogens (tertiary/aromatic N) is 3. The van der Waals surface area contributed by atoms with Gasteiger partial charge in [-0.1, -0.05) is 127 Å². The molecular weight excluding hydrogens is 522 g/mol. The van der Waals surface area contributed by atoms with Gasteiger partial charge in [-0.05, 0) is 51.6 Å². The number of hydrogen-bond donors (Lipinski definition) is 0. The van der Waals surface area contributed by atoms with Gasteiger partial charge in [-0.2, -0.15) is 0 Å². The fourth-order valence-electron chi connectivity index (χ4n) is 6.49. The number of hydrogen-bond acceptors (Lipinski definition) is 2. The van der Waals surface area contributed by atoms with E-state index in [1.54, 1.807) is 0 Å². The van der Waals surface area contributed by atoms with Gasteiger partial charge in [-0.15, -0.1) is 0 Å². The molecule has 0 saturated carbocycles. The van der Waals surface area contributed by atoms with Crippen LogP contribution in [0.1, 0.15) is 0 Å². The van der Waals surface area contributed by atoms with Crippen molar-refractivity contribution < 1.29 is 0 Å². The van der Waals surface area contributed by atoms with Gasteiger partial charge in [-0.25, -0.2) is 9.97 Å². The molecular formula is C40H25N3. The highest BCUT2D eigenvalue weighted by atomic mass is 15.2. The molecule has 0 fully saturated rings. The Morgan fingerprint density at radius 3 is 1.81 bits per heavy atom. The zero-order chi connectivity index (χ0) is 28.3. The van der Waals surface area contributed by atoms with Crippen molar-refractivity contribution in [1.29, 1.82) is 0 Å². The summed E-state index contributed by atoms with van der Waals surface area (Å²) in [4.78, 5) is 10.7. The maximum atomic E-state index is 5.36. The monoisotopic (exact) mass is 547 g/mol. The standard InChI is InChI=1S/C40H25N3/c1-2-10-26(11-3-1)27-18-20-29(21-19-27)38-34-23-22-28-12-6-7-15-32(28)39(34)42-40(41-38)43-36-17-9-8-16-33(36)35-24-30-13-4-5-14-31(30)25-37(35)43/h1-25H. The van der Waals surface area contributed by atoms with Gasteiger partial charge in [-0.3, -0.25) is 4.57 Å². The first-order chi connectivity index (χ1) is 21.3. The third kappa shape index (κ3) is 3.75. The fourth-order valence-corrected chi connectivity index (χ4v) is 6.49. The molecule has 0 saturated heterocycles. The van der Waals surface area contributed by atoms with Crippen LogP contribution in [0.2, 0.25) is 0 Å².